The van der Waals surface area contributed by atoms with Crippen LogP contribution in [0.4, 0.5) is 4.39 Å². The van der Waals surface area contributed by atoms with Gasteiger partial charge in [0.1, 0.15) is 5.82 Å². The van der Waals surface area contributed by atoms with E-state index in [1.54, 1.807) is 13.0 Å². The molecule has 0 aliphatic carbocycles. The number of benzene rings is 1. The molecule has 1 aromatic rings. The minimum Gasteiger partial charge on any atom is -0.307 e. The Labute approximate surface area is 65.2 Å². The van der Waals surface area contributed by atoms with Gasteiger partial charge < -0.3 is 5.32 Å². The highest BCUT2D eigenvalue weighted by molar-refractivity contribution is 5.28. The van der Waals surface area contributed by atoms with E-state index >= 15 is 0 Å². The van der Waals surface area contributed by atoms with E-state index in [-0.39, 0.29) is 5.82 Å². The minimum atomic E-state index is -0.101. The van der Waals surface area contributed by atoms with Gasteiger partial charge in [-0.2, -0.15) is 0 Å². The van der Waals surface area contributed by atoms with E-state index in [1.165, 1.54) is 0 Å². The zero-order valence-corrected chi connectivity index (χ0v) is 6.39. The van der Waals surface area contributed by atoms with Gasteiger partial charge in [0.25, 0.3) is 0 Å². The molecule has 1 N–H and O–H groups in total. The third kappa shape index (κ3) is 1.26. The maximum atomic E-state index is 12.9. The molecule has 1 saturated heterocycles. The molecule has 58 valence electrons. The van der Waals surface area contributed by atoms with Crippen molar-refractivity contribution < 1.29 is 4.39 Å². The van der Waals surface area contributed by atoms with Crippen LogP contribution >= 0.6 is 0 Å². The number of aryl methyl sites for hydroxylation is 1. The summed E-state index contributed by atoms with van der Waals surface area (Å²) in [4.78, 5) is 0. The van der Waals surface area contributed by atoms with E-state index < -0.39 is 0 Å². The van der Waals surface area contributed by atoms with E-state index in [1.807, 2.05) is 12.1 Å². The molecule has 0 radical (unpaired) electrons. The summed E-state index contributed by atoms with van der Waals surface area (Å²) in [5.74, 6) is -0.101. The molecule has 1 aromatic carbocycles. The maximum Gasteiger partial charge on any atom is 0.126 e. The molecule has 1 atom stereocenters. The van der Waals surface area contributed by atoms with Crippen LogP contribution in [-0.4, -0.2) is 6.54 Å². The van der Waals surface area contributed by atoms with Crippen molar-refractivity contribution in [3.63, 3.8) is 0 Å². The van der Waals surface area contributed by atoms with Gasteiger partial charge in [-0.25, -0.2) is 4.39 Å². The van der Waals surface area contributed by atoms with E-state index in [9.17, 15) is 4.39 Å². The average Bonchev–Trinajstić information content (AvgIpc) is 2.77. The third-order valence-electron chi connectivity index (χ3n) is 2.01. The lowest BCUT2D eigenvalue weighted by Crippen LogP contribution is -1.88. The molecule has 1 heterocycles. The first kappa shape index (κ1) is 6.80. The Kier molecular flexibility index (Phi) is 1.43. The van der Waals surface area contributed by atoms with Gasteiger partial charge in [-0.05, 0) is 24.1 Å². The molecule has 1 aliphatic rings. The number of hydrogen-bond acceptors (Lipinski definition) is 1. The van der Waals surface area contributed by atoms with E-state index in [0.29, 0.717) is 6.04 Å². The third-order valence-corrected chi connectivity index (χ3v) is 2.01. The second-order valence-corrected chi connectivity index (χ2v) is 2.97. The molecule has 2 rings (SSSR count). The first-order chi connectivity index (χ1) is 5.27. The molecule has 0 unspecified atom stereocenters. The first-order valence-corrected chi connectivity index (χ1v) is 3.77. The molecule has 0 aromatic heterocycles. The summed E-state index contributed by atoms with van der Waals surface area (Å²) in [7, 11) is 0. The smallest absolute Gasteiger partial charge is 0.126 e. The zero-order chi connectivity index (χ0) is 7.84. The Morgan fingerprint density at radius 1 is 1.55 bits per heavy atom. The van der Waals surface area contributed by atoms with Crippen LogP contribution in [0.1, 0.15) is 17.2 Å². The highest BCUT2D eigenvalue weighted by atomic mass is 19.1. The zero-order valence-electron chi connectivity index (χ0n) is 6.39. The van der Waals surface area contributed by atoms with Crippen molar-refractivity contribution >= 4 is 0 Å². The van der Waals surface area contributed by atoms with Crippen LogP contribution in [0, 0.1) is 12.7 Å². The summed E-state index contributed by atoms with van der Waals surface area (Å²) in [6.07, 6.45) is 0. The van der Waals surface area contributed by atoms with Gasteiger partial charge in [-0.15, -0.1) is 0 Å². The highest BCUT2D eigenvalue weighted by Gasteiger charge is 2.22. The van der Waals surface area contributed by atoms with Gasteiger partial charge in [0.2, 0.25) is 0 Å². The Morgan fingerprint density at radius 3 is 2.82 bits per heavy atom. The summed E-state index contributed by atoms with van der Waals surface area (Å²) in [5, 5.41) is 3.13. The first-order valence-electron chi connectivity index (χ1n) is 3.77. The van der Waals surface area contributed by atoms with Crippen LogP contribution in [0.3, 0.4) is 0 Å². The summed E-state index contributed by atoms with van der Waals surface area (Å²) < 4.78 is 12.9. The molecule has 0 saturated carbocycles. The Balaban J connectivity index is 2.36. The van der Waals surface area contributed by atoms with Gasteiger partial charge in [-0.1, -0.05) is 12.1 Å². The molecule has 1 fully saturated rings. The molecular weight excluding hydrogens is 141 g/mol. The summed E-state index contributed by atoms with van der Waals surface area (Å²) in [5.41, 5.74) is 1.78. The highest BCUT2D eigenvalue weighted by Crippen LogP contribution is 2.22. The fourth-order valence-electron chi connectivity index (χ4n) is 1.12. The second kappa shape index (κ2) is 2.31. The van der Waals surface area contributed by atoms with Crippen molar-refractivity contribution in [3.8, 4) is 0 Å². The van der Waals surface area contributed by atoms with Gasteiger partial charge in [-0.3, -0.25) is 0 Å². The number of rotatable bonds is 1. The molecule has 11 heavy (non-hydrogen) atoms. The lowest BCUT2D eigenvalue weighted by molar-refractivity contribution is 0.616. The van der Waals surface area contributed by atoms with Crippen LogP contribution in [0.5, 0.6) is 0 Å². The van der Waals surface area contributed by atoms with Crippen molar-refractivity contribution in [1.29, 1.82) is 0 Å². The Hall–Kier alpha value is -0.890. The van der Waals surface area contributed by atoms with Crippen molar-refractivity contribution in [2.24, 2.45) is 0 Å². The largest absolute Gasteiger partial charge is 0.307 e. The monoisotopic (exact) mass is 151 g/mol. The topological polar surface area (TPSA) is 21.9 Å². The predicted octanol–water partition coefficient (Wildman–Crippen LogP) is 1.78. The average molecular weight is 151 g/mol. The molecule has 0 amide bonds. The molecule has 2 heteroatoms. The van der Waals surface area contributed by atoms with Crippen molar-refractivity contribution in [2.45, 2.75) is 13.0 Å². The quantitative estimate of drug-likeness (QED) is 0.607. The fourth-order valence-corrected chi connectivity index (χ4v) is 1.12. The van der Waals surface area contributed by atoms with Gasteiger partial charge in [0.15, 0.2) is 0 Å². The molecule has 1 nitrogen and oxygen atoms in total. The van der Waals surface area contributed by atoms with Crippen LogP contribution in [-0.2, 0) is 0 Å². The van der Waals surface area contributed by atoms with Crippen LogP contribution in [0.2, 0.25) is 0 Å². The van der Waals surface area contributed by atoms with Crippen LogP contribution < -0.4 is 5.32 Å². The predicted molar refractivity (Wildman–Crippen MR) is 41.9 cm³/mol. The summed E-state index contributed by atoms with van der Waals surface area (Å²) in [6.45, 7) is 2.77. The second-order valence-electron chi connectivity index (χ2n) is 2.97. The lowest BCUT2D eigenvalue weighted by atomic mass is 10.1. The van der Waals surface area contributed by atoms with Crippen molar-refractivity contribution in [1.82, 2.24) is 5.32 Å². The summed E-state index contributed by atoms with van der Waals surface area (Å²) in [6, 6.07) is 5.82. The van der Waals surface area contributed by atoms with Crippen molar-refractivity contribution in [2.75, 3.05) is 6.54 Å². The van der Waals surface area contributed by atoms with Crippen molar-refractivity contribution in [3.05, 3.63) is 35.1 Å². The van der Waals surface area contributed by atoms with Gasteiger partial charge in [0.05, 0.1) is 0 Å². The molecular formula is C9H10FN. The Bertz CT molecular complexity index is 279. The van der Waals surface area contributed by atoms with E-state index in [2.05, 4.69) is 5.32 Å². The van der Waals surface area contributed by atoms with Crippen LogP contribution in [0.15, 0.2) is 18.2 Å². The SMILES string of the molecule is Cc1ccc([C@H]2CN2)cc1F. The number of hydrogen-bond donors (Lipinski definition) is 1. The normalized spacial score (nSPS) is 21.8. The van der Waals surface area contributed by atoms with Gasteiger partial charge in [0, 0.05) is 12.6 Å². The molecule has 0 bridgehead atoms. The van der Waals surface area contributed by atoms with E-state index in [4.69, 9.17) is 0 Å². The standard InChI is InChI=1S/C9H10FN/c1-6-2-3-7(4-8(6)10)9-5-11-9/h2-4,9,11H,5H2,1H3/t9-/m1/s1. The molecule has 1 aliphatic heterocycles. The number of nitrogens with one attached hydrogen (secondary N) is 1. The summed E-state index contributed by atoms with van der Waals surface area (Å²) >= 11 is 0. The number of halogens is 1. The Morgan fingerprint density at radius 2 is 2.27 bits per heavy atom. The van der Waals surface area contributed by atoms with E-state index in [0.717, 1.165) is 17.7 Å². The maximum absolute atomic E-state index is 12.9. The van der Waals surface area contributed by atoms with Gasteiger partial charge >= 0.3 is 0 Å². The molecule has 0 spiro atoms. The fraction of sp³-hybridized carbons (Fsp3) is 0.333. The minimum absolute atomic E-state index is 0.101. The lowest BCUT2D eigenvalue weighted by Gasteiger charge is -1.98. The van der Waals surface area contributed by atoms with Crippen LogP contribution in [0.25, 0.3) is 0 Å².